The van der Waals surface area contributed by atoms with Gasteiger partial charge in [-0.3, -0.25) is 4.68 Å². The number of rotatable bonds is 2. The number of nitrogens with zero attached hydrogens (tertiary/aromatic N) is 2. The number of halogens is 2. The van der Waals surface area contributed by atoms with E-state index in [0.29, 0.717) is 5.15 Å². The van der Waals surface area contributed by atoms with E-state index in [1.54, 1.807) is 4.68 Å². The van der Waals surface area contributed by atoms with Crippen molar-refractivity contribution in [1.29, 1.82) is 0 Å². The smallest absolute Gasteiger partial charge is 0.127 e. The standard InChI is InChI=1S/C7H10BrClN2/c1-3-11-7(9)4-6(10-11)5(2)8/h4-5H,3H2,1-2H3. The summed E-state index contributed by atoms with van der Waals surface area (Å²) in [5, 5.41) is 4.97. The lowest BCUT2D eigenvalue weighted by Gasteiger charge is -1.96. The lowest BCUT2D eigenvalue weighted by molar-refractivity contribution is 0.649. The first kappa shape index (κ1) is 9.07. The van der Waals surface area contributed by atoms with Gasteiger partial charge in [0, 0.05) is 6.54 Å². The highest BCUT2D eigenvalue weighted by molar-refractivity contribution is 9.09. The third kappa shape index (κ3) is 1.97. The van der Waals surface area contributed by atoms with Crippen LogP contribution in [0.1, 0.15) is 24.4 Å². The van der Waals surface area contributed by atoms with Crippen molar-refractivity contribution in [2.75, 3.05) is 0 Å². The zero-order valence-corrected chi connectivity index (χ0v) is 8.85. The van der Waals surface area contributed by atoms with E-state index in [0.717, 1.165) is 12.2 Å². The molecule has 1 rings (SSSR count). The number of aromatic nitrogens is 2. The summed E-state index contributed by atoms with van der Waals surface area (Å²) in [6.45, 7) is 4.86. The van der Waals surface area contributed by atoms with Gasteiger partial charge < -0.3 is 0 Å². The molecule has 0 radical (unpaired) electrons. The van der Waals surface area contributed by atoms with Gasteiger partial charge in [0.2, 0.25) is 0 Å². The fraction of sp³-hybridized carbons (Fsp3) is 0.571. The Morgan fingerprint density at radius 1 is 1.82 bits per heavy atom. The molecule has 2 nitrogen and oxygen atoms in total. The molecule has 1 aromatic rings. The Hall–Kier alpha value is -0.0200. The Morgan fingerprint density at radius 2 is 2.45 bits per heavy atom. The van der Waals surface area contributed by atoms with Gasteiger partial charge in [-0.05, 0) is 19.9 Å². The Kier molecular flexibility index (Phi) is 2.96. The van der Waals surface area contributed by atoms with Crippen molar-refractivity contribution in [2.24, 2.45) is 0 Å². The van der Waals surface area contributed by atoms with Crippen LogP contribution in [-0.2, 0) is 6.54 Å². The van der Waals surface area contributed by atoms with Crippen molar-refractivity contribution >= 4 is 27.5 Å². The molecule has 0 N–H and O–H groups in total. The van der Waals surface area contributed by atoms with Gasteiger partial charge in [-0.15, -0.1) is 0 Å². The molecule has 1 unspecified atom stereocenters. The average Bonchev–Trinajstić information content (AvgIpc) is 2.31. The van der Waals surface area contributed by atoms with E-state index in [9.17, 15) is 0 Å². The minimum Gasteiger partial charge on any atom is -0.254 e. The quantitative estimate of drug-likeness (QED) is 0.723. The first-order chi connectivity index (χ1) is 5.15. The highest BCUT2D eigenvalue weighted by atomic mass is 79.9. The summed E-state index contributed by atoms with van der Waals surface area (Å²) >= 11 is 9.29. The third-order valence-electron chi connectivity index (χ3n) is 1.46. The summed E-state index contributed by atoms with van der Waals surface area (Å²) in [6, 6.07) is 1.88. The highest BCUT2D eigenvalue weighted by Crippen LogP contribution is 2.22. The van der Waals surface area contributed by atoms with Crippen LogP contribution in [0.25, 0.3) is 0 Å². The van der Waals surface area contributed by atoms with E-state index in [4.69, 9.17) is 11.6 Å². The minimum absolute atomic E-state index is 0.271. The Morgan fingerprint density at radius 3 is 2.73 bits per heavy atom. The number of alkyl halides is 1. The molecular formula is C7H10BrClN2. The summed E-state index contributed by atoms with van der Waals surface area (Å²) in [4.78, 5) is 0.271. The maximum atomic E-state index is 5.87. The largest absolute Gasteiger partial charge is 0.254 e. The van der Waals surface area contributed by atoms with Gasteiger partial charge >= 0.3 is 0 Å². The summed E-state index contributed by atoms with van der Waals surface area (Å²) < 4.78 is 1.77. The predicted octanol–water partition coefficient (Wildman–Crippen LogP) is 3.01. The van der Waals surface area contributed by atoms with Crippen molar-refractivity contribution in [3.63, 3.8) is 0 Å². The lowest BCUT2D eigenvalue weighted by Crippen LogP contribution is -1.97. The van der Waals surface area contributed by atoms with Crippen LogP contribution >= 0.6 is 27.5 Å². The van der Waals surface area contributed by atoms with E-state index >= 15 is 0 Å². The molecule has 0 fully saturated rings. The molecule has 0 saturated heterocycles. The fourth-order valence-electron chi connectivity index (χ4n) is 0.829. The van der Waals surface area contributed by atoms with E-state index in [-0.39, 0.29) is 4.83 Å². The molecular weight excluding hydrogens is 227 g/mol. The zero-order chi connectivity index (χ0) is 8.43. The lowest BCUT2D eigenvalue weighted by atomic mass is 10.3. The van der Waals surface area contributed by atoms with Gasteiger partial charge in [-0.1, -0.05) is 27.5 Å². The van der Waals surface area contributed by atoms with E-state index in [1.165, 1.54) is 0 Å². The molecule has 0 bridgehead atoms. The maximum Gasteiger partial charge on any atom is 0.127 e. The molecule has 0 aliphatic heterocycles. The second kappa shape index (κ2) is 3.59. The molecule has 0 spiro atoms. The van der Waals surface area contributed by atoms with E-state index in [2.05, 4.69) is 21.0 Å². The zero-order valence-electron chi connectivity index (χ0n) is 6.51. The molecule has 4 heteroatoms. The van der Waals surface area contributed by atoms with Crippen LogP contribution in [0.15, 0.2) is 6.07 Å². The monoisotopic (exact) mass is 236 g/mol. The molecule has 1 aromatic heterocycles. The normalized spacial score (nSPS) is 13.5. The predicted molar refractivity (Wildman–Crippen MR) is 50.3 cm³/mol. The molecule has 1 heterocycles. The second-order valence-electron chi connectivity index (χ2n) is 2.32. The number of hydrogen-bond donors (Lipinski definition) is 0. The molecule has 0 saturated carbocycles. The van der Waals surface area contributed by atoms with Crippen molar-refractivity contribution in [3.05, 3.63) is 16.9 Å². The highest BCUT2D eigenvalue weighted by Gasteiger charge is 2.07. The van der Waals surface area contributed by atoms with Crippen LogP contribution in [-0.4, -0.2) is 9.78 Å². The molecule has 0 aliphatic carbocycles. The molecule has 0 aromatic carbocycles. The van der Waals surface area contributed by atoms with Crippen molar-refractivity contribution in [2.45, 2.75) is 25.2 Å². The van der Waals surface area contributed by atoms with Crippen molar-refractivity contribution < 1.29 is 0 Å². The Balaban J connectivity index is 2.95. The Bertz CT molecular complexity index is 245. The summed E-state index contributed by atoms with van der Waals surface area (Å²) in [6.07, 6.45) is 0. The van der Waals surface area contributed by atoms with Crippen LogP contribution in [0.4, 0.5) is 0 Å². The van der Waals surface area contributed by atoms with Gasteiger partial charge in [0.25, 0.3) is 0 Å². The summed E-state index contributed by atoms with van der Waals surface area (Å²) in [7, 11) is 0. The third-order valence-corrected chi connectivity index (χ3v) is 2.23. The summed E-state index contributed by atoms with van der Waals surface area (Å²) in [5.74, 6) is 0. The van der Waals surface area contributed by atoms with Gasteiger partial charge in [0.05, 0.1) is 10.5 Å². The van der Waals surface area contributed by atoms with Gasteiger partial charge in [-0.2, -0.15) is 5.10 Å². The van der Waals surface area contributed by atoms with Crippen molar-refractivity contribution in [3.8, 4) is 0 Å². The SMILES string of the molecule is CCn1nc(C(C)Br)cc1Cl. The van der Waals surface area contributed by atoms with Gasteiger partial charge in [0.15, 0.2) is 0 Å². The topological polar surface area (TPSA) is 17.8 Å². The Labute approximate surface area is 79.7 Å². The van der Waals surface area contributed by atoms with Gasteiger partial charge in [0.1, 0.15) is 5.15 Å². The first-order valence-electron chi connectivity index (χ1n) is 3.52. The summed E-state index contributed by atoms with van der Waals surface area (Å²) in [5.41, 5.74) is 0.983. The molecule has 1 atom stereocenters. The fourth-order valence-corrected chi connectivity index (χ4v) is 1.32. The first-order valence-corrected chi connectivity index (χ1v) is 4.81. The van der Waals surface area contributed by atoms with Gasteiger partial charge in [-0.25, -0.2) is 0 Å². The van der Waals surface area contributed by atoms with Crippen LogP contribution in [0.5, 0.6) is 0 Å². The minimum atomic E-state index is 0.271. The maximum absolute atomic E-state index is 5.87. The number of hydrogen-bond acceptors (Lipinski definition) is 1. The molecule has 62 valence electrons. The van der Waals surface area contributed by atoms with E-state index in [1.807, 2.05) is 19.9 Å². The van der Waals surface area contributed by atoms with Crippen LogP contribution in [0, 0.1) is 0 Å². The van der Waals surface area contributed by atoms with Crippen LogP contribution < -0.4 is 0 Å². The van der Waals surface area contributed by atoms with Crippen LogP contribution in [0.3, 0.4) is 0 Å². The molecule has 11 heavy (non-hydrogen) atoms. The average molecular weight is 238 g/mol. The second-order valence-corrected chi connectivity index (χ2v) is 4.08. The molecule has 0 aliphatic rings. The van der Waals surface area contributed by atoms with E-state index < -0.39 is 0 Å². The number of aryl methyl sites for hydroxylation is 1. The van der Waals surface area contributed by atoms with Crippen LogP contribution in [0.2, 0.25) is 5.15 Å². The van der Waals surface area contributed by atoms with Crippen molar-refractivity contribution in [1.82, 2.24) is 9.78 Å². The molecule has 0 amide bonds.